The molecule has 1 aliphatic heterocycles. The van der Waals surface area contributed by atoms with E-state index >= 15 is 0 Å². The van der Waals surface area contributed by atoms with Crippen molar-refractivity contribution in [2.24, 2.45) is 5.73 Å². The fourth-order valence-electron chi connectivity index (χ4n) is 2.25. The highest BCUT2D eigenvalue weighted by Gasteiger charge is 2.28. The number of hydrogen-bond donors (Lipinski definition) is 2. The van der Waals surface area contributed by atoms with Gasteiger partial charge in [0, 0.05) is 24.2 Å². The van der Waals surface area contributed by atoms with Gasteiger partial charge in [-0.15, -0.1) is 0 Å². The van der Waals surface area contributed by atoms with Gasteiger partial charge in [0.2, 0.25) is 0 Å². The molecule has 0 bridgehead atoms. The van der Waals surface area contributed by atoms with Gasteiger partial charge in [-0.25, -0.2) is 4.79 Å². The van der Waals surface area contributed by atoms with E-state index in [0.29, 0.717) is 30.1 Å². The smallest absolute Gasteiger partial charge is 0.407 e. The first kappa shape index (κ1) is 15.2. The van der Waals surface area contributed by atoms with Gasteiger partial charge in [0.05, 0.1) is 13.2 Å². The minimum atomic E-state index is -0.477. The van der Waals surface area contributed by atoms with Crippen molar-refractivity contribution in [2.45, 2.75) is 12.5 Å². The van der Waals surface area contributed by atoms with Crippen molar-refractivity contribution in [3.05, 3.63) is 35.4 Å². The average molecular weight is 307 g/mol. The lowest BCUT2D eigenvalue weighted by Gasteiger charge is -2.17. The maximum atomic E-state index is 12.3. The van der Waals surface area contributed by atoms with Gasteiger partial charge < -0.3 is 20.7 Å². The Balaban J connectivity index is 1.98. The third kappa shape index (κ3) is 3.69. The number of amides is 2. The molecule has 21 heavy (non-hydrogen) atoms. The van der Waals surface area contributed by atoms with Crippen LogP contribution < -0.4 is 11.1 Å². The molecule has 1 heterocycles. The predicted molar refractivity (Wildman–Crippen MR) is 82.2 cm³/mol. The van der Waals surface area contributed by atoms with Gasteiger partial charge in [0.25, 0.3) is 5.91 Å². The Morgan fingerprint density at radius 3 is 2.52 bits per heavy atom. The number of nitrogens with zero attached hydrogens (tertiary/aromatic N) is 1. The average Bonchev–Trinajstić information content (AvgIpc) is 2.94. The van der Waals surface area contributed by atoms with E-state index < -0.39 is 6.09 Å². The molecule has 1 saturated heterocycles. The first-order valence-corrected chi connectivity index (χ1v) is 6.95. The van der Waals surface area contributed by atoms with Crippen molar-refractivity contribution in [3.8, 4) is 0 Å². The monoisotopic (exact) mass is 307 g/mol. The normalized spacial score (nSPS) is 17.4. The van der Waals surface area contributed by atoms with Gasteiger partial charge in [-0.3, -0.25) is 4.79 Å². The van der Waals surface area contributed by atoms with Crippen LogP contribution in [0.15, 0.2) is 24.3 Å². The molecule has 7 heteroatoms. The molecular formula is C14H17N3O3S. The summed E-state index contributed by atoms with van der Waals surface area (Å²) in [7, 11) is 1.32. The third-order valence-electron chi connectivity index (χ3n) is 3.40. The van der Waals surface area contributed by atoms with Crippen molar-refractivity contribution in [1.29, 1.82) is 0 Å². The second-order valence-electron chi connectivity index (χ2n) is 4.81. The lowest BCUT2D eigenvalue weighted by molar-refractivity contribution is 0.0788. The lowest BCUT2D eigenvalue weighted by Crippen LogP contribution is -2.38. The van der Waals surface area contributed by atoms with Gasteiger partial charge in [-0.1, -0.05) is 24.4 Å². The highest BCUT2D eigenvalue weighted by molar-refractivity contribution is 7.80. The lowest BCUT2D eigenvalue weighted by atomic mass is 10.1. The van der Waals surface area contributed by atoms with E-state index in [1.165, 1.54) is 7.11 Å². The van der Waals surface area contributed by atoms with Crippen molar-refractivity contribution in [2.75, 3.05) is 20.2 Å². The highest BCUT2D eigenvalue weighted by atomic mass is 32.1. The van der Waals surface area contributed by atoms with E-state index in [2.05, 4.69) is 10.1 Å². The molecule has 112 valence electrons. The van der Waals surface area contributed by atoms with Crippen LogP contribution in [-0.4, -0.2) is 48.1 Å². The van der Waals surface area contributed by atoms with Gasteiger partial charge in [0.1, 0.15) is 4.99 Å². The molecular weight excluding hydrogens is 290 g/mol. The molecule has 1 aromatic rings. The number of ether oxygens (including phenoxy) is 1. The zero-order valence-electron chi connectivity index (χ0n) is 11.7. The maximum absolute atomic E-state index is 12.3. The van der Waals surface area contributed by atoms with Crippen LogP contribution in [0.5, 0.6) is 0 Å². The topological polar surface area (TPSA) is 84.7 Å². The second-order valence-corrected chi connectivity index (χ2v) is 5.25. The van der Waals surface area contributed by atoms with Crippen molar-refractivity contribution >= 4 is 29.2 Å². The Hall–Kier alpha value is -2.15. The number of methoxy groups -OCH3 is 1. The van der Waals surface area contributed by atoms with E-state index in [-0.39, 0.29) is 11.9 Å². The molecule has 0 aromatic heterocycles. The summed E-state index contributed by atoms with van der Waals surface area (Å²) in [4.78, 5) is 25.5. The van der Waals surface area contributed by atoms with E-state index in [9.17, 15) is 9.59 Å². The molecule has 1 aliphatic rings. The summed E-state index contributed by atoms with van der Waals surface area (Å²) in [5, 5.41) is 2.70. The van der Waals surface area contributed by atoms with Crippen LogP contribution in [0.1, 0.15) is 22.3 Å². The Bertz CT molecular complexity index is 559. The van der Waals surface area contributed by atoms with Crippen molar-refractivity contribution in [3.63, 3.8) is 0 Å². The number of carbonyl (C=O) groups excluding carboxylic acids is 2. The van der Waals surface area contributed by atoms with Gasteiger partial charge in [0.15, 0.2) is 0 Å². The van der Waals surface area contributed by atoms with Crippen molar-refractivity contribution in [1.82, 2.24) is 10.2 Å². The number of thiocarbonyl (C=S) groups is 1. The van der Waals surface area contributed by atoms with Crippen LogP contribution in [0.25, 0.3) is 0 Å². The summed E-state index contributed by atoms with van der Waals surface area (Å²) < 4.78 is 4.55. The van der Waals surface area contributed by atoms with E-state index in [0.717, 1.165) is 5.56 Å². The fraction of sp³-hybridized carbons (Fsp3) is 0.357. The van der Waals surface area contributed by atoms with Crippen LogP contribution in [0.3, 0.4) is 0 Å². The molecule has 1 unspecified atom stereocenters. The summed E-state index contributed by atoms with van der Waals surface area (Å²) >= 11 is 4.88. The van der Waals surface area contributed by atoms with Crippen molar-refractivity contribution < 1.29 is 14.3 Å². The van der Waals surface area contributed by atoms with Gasteiger partial charge in [-0.2, -0.15) is 0 Å². The molecule has 0 radical (unpaired) electrons. The number of likely N-dealkylation sites (tertiary alicyclic amines) is 1. The van der Waals surface area contributed by atoms with Crippen LogP contribution in [0, 0.1) is 0 Å². The summed E-state index contributed by atoms with van der Waals surface area (Å²) in [6.45, 7) is 1.08. The molecule has 2 amide bonds. The molecule has 2 rings (SSSR count). The summed E-state index contributed by atoms with van der Waals surface area (Å²) in [6.07, 6.45) is 0.237. The number of alkyl carbamates (subject to hydrolysis) is 1. The van der Waals surface area contributed by atoms with Crippen LogP contribution in [-0.2, 0) is 4.74 Å². The molecule has 1 fully saturated rings. The van der Waals surface area contributed by atoms with E-state index in [1.807, 2.05) is 0 Å². The van der Waals surface area contributed by atoms with Gasteiger partial charge >= 0.3 is 6.09 Å². The maximum Gasteiger partial charge on any atom is 0.407 e. The summed E-state index contributed by atoms with van der Waals surface area (Å²) in [6, 6.07) is 6.80. The largest absolute Gasteiger partial charge is 0.453 e. The van der Waals surface area contributed by atoms with E-state index in [1.54, 1.807) is 29.2 Å². The quantitative estimate of drug-likeness (QED) is 0.810. The van der Waals surface area contributed by atoms with E-state index in [4.69, 9.17) is 18.0 Å². The summed E-state index contributed by atoms with van der Waals surface area (Å²) in [5.41, 5.74) is 6.83. The number of carbonyl (C=O) groups is 2. The van der Waals surface area contributed by atoms with Crippen LogP contribution in [0.4, 0.5) is 4.79 Å². The Labute approximate surface area is 128 Å². The standard InChI is InChI=1S/C14H17N3O3S/c1-20-14(19)16-11-6-7-17(8-11)13(18)10-4-2-9(3-5-10)12(15)21/h2-5,11H,6-8H2,1H3,(H2,15,21)(H,16,19). The summed E-state index contributed by atoms with van der Waals surface area (Å²) in [5.74, 6) is -0.0707. The number of nitrogens with one attached hydrogen (secondary N) is 1. The Morgan fingerprint density at radius 2 is 1.95 bits per heavy atom. The number of benzene rings is 1. The molecule has 1 atom stereocenters. The Morgan fingerprint density at radius 1 is 1.33 bits per heavy atom. The second kappa shape index (κ2) is 6.53. The molecule has 3 N–H and O–H groups in total. The molecule has 0 saturated carbocycles. The first-order chi connectivity index (χ1) is 10.0. The number of nitrogens with two attached hydrogens (primary N) is 1. The highest BCUT2D eigenvalue weighted by Crippen LogP contribution is 2.14. The van der Waals surface area contributed by atoms with Crippen LogP contribution >= 0.6 is 12.2 Å². The Kier molecular flexibility index (Phi) is 4.74. The fourth-order valence-corrected chi connectivity index (χ4v) is 2.38. The predicted octanol–water partition coefficient (Wildman–Crippen LogP) is 0.891. The first-order valence-electron chi connectivity index (χ1n) is 6.55. The zero-order valence-corrected chi connectivity index (χ0v) is 12.5. The zero-order chi connectivity index (χ0) is 15.4. The molecule has 1 aromatic carbocycles. The third-order valence-corrected chi connectivity index (χ3v) is 3.63. The van der Waals surface area contributed by atoms with Crippen LogP contribution in [0.2, 0.25) is 0 Å². The molecule has 6 nitrogen and oxygen atoms in total. The number of hydrogen-bond acceptors (Lipinski definition) is 4. The number of rotatable bonds is 3. The minimum absolute atomic E-state index is 0.0707. The molecule has 0 aliphatic carbocycles. The minimum Gasteiger partial charge on any atom is -0.453 e. The molecule has 0 spiro atoms. The van der Waals surface area contributed by atoms with Gasteiger partial charge in [-0.05, 0) is 18.6 Å². The SMILES string of the molecule is COC(=O)NC1CCN(C(=O)c2ccc(C(N)=S)cc2)C1.